The summed E-state index contributed by atoms with van der Waals surface area (Å²) in [6.07, 6.45) is 4.11. The number of rotatable bonds is 1. The Morgan fingerprint density at radius 2 is 2.05 bits per heavy atom. The topological polar surface area (TPSA) is 59.0 Å². The van der Waals surface area contributed by atoms with Crippen LogP contribution in [0, 0.1) is 0 Å². The Balaban J connectivity index is 1.64. The van der Waals surface area contributed by atoms with Crippen LogP contribution in [0.1, 0.15) is 21.7 Å². The number of para-hydroxylation sites is 1. The zero-order valence-corrected chi connectivity index (χ0v) is 11.9. The van der Waals surface area contributed by atoms with E-state index < -0.39 is 0 Å². The lowest BCUT2D eigenvalue weighted by molar-refractivity contribution is 0.0727. The molecule has 0 radical (unpaired) electrons. The van der Waals surface area contributed by atoms with Crippen molar-refractivity contribution in [3.05, 3.63) is 65.9 Å². The molecular formula is C17H14N4O. The number of carbonyl (C=O) groups excluding carboxylic acids is 1. The van der Waals surface area contributed by atoms with Gasteiger partial charge in [-0.05, 0) is 12.1 Å². The molecule has 0 atom stereocenters. The number of pyridine rings is 1. The number of hydrogen-bond donors (Lipinski definition) is 0. The van der Waals surface area contributed by atoms with E-state index in [2.05, 4.69) is 15.0 Å². The zero-order chi connectivity index (χ0) is 14.9. The Morgan fingerprint density at radius 1 is 1.14 bits per heavy atom. The maximum Gasteiger partial charge on any atom is 0.272 e. The smallest absolute Gasteiger partial charge is 0.272 e. The van der Waals surface area contributed by atoms with Crippen LogP contribution in [0.3, 0.4) is 0 Å². The van der Waals surface area contributed by atoms with Gasteiger partial charge < -0.3 is 4.90 Å². The second-order valence-corrected chi connectivity index (χ2v) is 5.36. The van der Waals surface area contributed by atoms with Gasteiger partial charge in [-0.1, -0.05) is 24.3 Å². The predicted molar refractivity (Wildman–Crippen MR) is 82.2 cm³/mol. The van der Waals surface area contributed by atoms with Gasteiger partial charge in [-0.15, -0.1) is 0 Å². The molecule has 0 saturated heterocycles. The van der Waals surface area contributed by atoms with Crippen LogP contribution in [0.4, 0.5) is 0 Å². The van der Waals surface area contributed by atoms with Crippen LogP contribution >= 0.6 is 0 Å². The Labute approximate surface area is 127 Å². The van der Waals surface area contributed by atoms with Crippen molar-refractivity contribution >= 4 is 16.8 Å². The van der Waals surface area contributed by atoms with E-state index in [9.17, 15) is 4.79 Å². The van der Waals surface area contributed by atoms with Gasteiger partial charge in [0.15, 0.2) is 0 Å². The molecule has 3 aromatic rings. The molecule has 1 aromatic carbocycles. The van der Waals surface area contributed by atoms with Crippen molar-refractivity contribution in [2.24, 2.45) is 0 Å². The third-order valence-electron chi connectivity index (χ3n) is 3.97. The molecular weight excluding hydrogens is 276 g/mol. The number of carbonyl (C=O) groups is 1. The molecule has 1 aliphatic rings. The summed E-state index contributed by atoms with van der Waals surface area (Å²) >= 11 is 0. The summed E-state index contributed by atoms with van der Waals surface area (Å²) in [5.74, 6) is -0.0414. The minimum absolute atomic E-state index is 0.0414. The Hall–Kier alpha value is -2.82. The van der Waals surface area contributed by atoms with Gasteiger partial charge in [-0.25, -0.2) is 15.0 Å². The van der Waals surface area contributed by atoms with Gasteiger partial charge >= 0.3 is 0 Å². The number of amides is 1. The van der Waals surface area contributed by atoms with Crippen LogP contribution in [-0.2, 0) is 13.0 Å². The number of aromatic nitrogens is 3. The summed E-state index contributed by atoms with van der Waals surface area (Å²) < 4.78 is 0. The van der Waals surface area contributed by atoms with Crippen molar-refractivity contribution in [1.82, 2.24) is 19.9 Å². The van der Waals surface area contributed by atoms with E-state index in [1.807, 2.05) is 35.2 Å². The van der Waals surface area contributed by atoms with E-state index in [-0.39, 0.29) is 5.91 Å². The summed E-state index contributed by atoms with van der Waals surface area (Å²) in [6.45, 7) is 1.21. The summed E-state index contributed by atoms with van der Waals surface area (Å²) in [5, 5.41) is 1.04. The van der Waals surface area contributed by atoms with Crippen LogP contribution in [0.2, 0.25) is 0 Å². The molecule has 0 fully saturated rings. The maximum absolute atomic E-state index is 12.7. The van der Waals surface area contributed by atoms with Crippen molar-refractivity contribution in [2.45, 2.75) is 13.0 Å². The minimum Gasteiger partial charge on any atom is -0.332 e. The average molecular weight is 290 g/mol. The van der Waals surface area contributed by atoms with Crippen LogP contribution in [0.15, 0.2) is 48.9 Å². The van der Waals surface area contributed by atoms with Crippen molar-refractivity contribution in [1.29, 1.82) is 0 Å². The average Bonchev–Trinajstić information content (AvgIpc) is 2.60. The molecule has 22 heavy (non-hydrogen) atoms. The molecule has 5 nitrogen and oxygen atoms in total. The van der Waals surface area contributed by atoms with Gasteiger partial charge in [0.05, 0.1) is 11.2 Å². The van der Waals surface area contributed by atoms with Gasteiger partial charge in [0.1, 0.15) is 12.0 Å². The molecule has 4 rings (SSSR count). The van der Waals surface area contributed by atoms with Crippen LogP contribution in [0.25, 0.3) is 10.9 Å². The first kappa shape index (κ1) is 12.9. The summed E-state index contributed by atoms with van der Waals surface area (Å²) in [4.78, 5) is 27.3. The SMILES string of the molecule is O=C(c1ccc2ccccc2n1)N1CCc2ncncc2C1. The first-order valence-corrected chi connectivity index (χ1v) is 7.24. The van der Waals surface area contributed by atoms with Crippen molar-refractivity contribution in [3.63, 3.8) is 0 Å². The minimum atomic E-state index is -0.0414. The lowest BCUT2D eigenvalue weighted by Gasteiger charge is -2.27. The van der Waals surface area contributed by atoms with Crippen LogP contribution in [-0.4, -0.2) is 32.3 Å². The largest absolute Gasteiger partial charge is 0.332 e. The maximum atomic E-state index is 12.7. The molecule has 0 unspecified atom stereocenters. The van der Waals surface area contributed by atoms with Crippen molar-refractivity contribution in [2.75, 3.05) is 6.54 Å². The lowest BCUT2D eigenvalue weighted by atomic mass is 10.1. The number of fused-ring (bicyclic) bond motifs is 2. The second kappa shape index (κ2) is 5.18. The number of nitrogens with zero attached hydrogens (tertiary/aromatic N) is 4. The van der Waals surface area contributed by atoms with Crippen LogP contribution in [0.5, 0.6) is 0 Å². The highest BCUT2D eigenvalue weighted by molar-refractivity contribution is 5.95. The summed E-state index contributed by atoms with van der Waals surface area (Å²) in [5.41, 5.74) is 3.38. The molecule has 5 heteroatoms. The zero-order valence-electron chi connectivity index (χ0n) is 11.9. The molecule has 0 saturated carbocycles. The summed E-state index contributed by atoms with van der Waals surface area (Å²) in [6, 6.07) is 11.5. The third-order valence-corrected chi connectivity index (χ3v) is 3.97. The predicted octanol–water partition coefficient (Wildman–Crippen LogP) is 2.22. The second-order valence-electron chi connectivity index (χ2n) is 5.36. The highest BCUT2D eigenvalue weighted by Gasteiger charge is 2.23. The number of benzene rings is 1. The third kappa shape index (κ3) is 2.20. The summed E-state index contributed by atoms with van der Waals surface area (Å²) in [7, 11) is 0. The van der Waals surface area contributed by atoms with E-state index in [1.54, 1.807) is 18.6 Å². The van der Waals surface area contributed by atoms with E-state index in [1.165, 1.54) is 0 Å². The van der Waals surface area contributed by atoms with Crippen LogP contribution < -0.4 is 0 Å². The highest BCUT2D eigenvalue weighted by Crippen LogP contribution is 2.18. The monoisotopic (exact) mass is 290 g/mol. The molecule has 3 heterocycles. The lowest BCUT2D eigenvalue weighted by Crippen LogP contribution is -2.36. The molecule has 0 N–H and O–H groups in total. The van der Waals surface area contributed by atoms with Crippen molar-refractivity contribution in [3.8, 4) is 0 Å². The normalized spacial score (nSPS) is 13.9. The fourth-order valence-corrected chi connectivity index (χ4v) is 2.79. The number of hydrogen-bond acceptors (Lipinski definition) is 4. The van der Waals surface area contributed by atoms with Gasteiger partial charge in [-0.3, -0.25) is 4.79 Å². The van der Waals surface area contributed by atoms with Gasteiger partial charge in [0.25, 0.3) is 5.91 Å². The fraction of sp³-hybridized carbons (Fsp3) is 0.176. The van der Waals surface area contributed by atoms with Gasteiger partial charge in [0, 0.05) is 36.7 Å². The molecule has 0 aliphatic carbocycles. The van der Waals surface area contributed by atoms with Gasteiger partial charge in [0.2, 0.25) is 0 Å². The molecule has 1 amide bonds. The fourth-order valence-electron chi connectivity index (χ4n) is 2.79. The first-order chi connectivity index (χ1) is 10.8. The first-order valence-electron chi connectivity index (χ1n) is 7.24. The molecule has 0 spiro atoms. The van der Waals surface area contributed by atoms with E-state index >= 15 is 0 Å². The van der Waals surface area contributed by atoms with Crippen molar-refractivity contribution < 1.29 is 4.79 Å². The Kier molecular flexibility index (Phi) is 3.04. The molecule has 108 valence electrons. The van der Waals surface area contributed by atoms with E-state index in [4.69, 9.17) is 0 Å². The molecule has 0 bridgehead atoms. The quantitative estimate of drug-likeness (QED) is 0.689. The Bertz CT molecular complexity index is 862. The standard InChI is InChI=1S/C17H14N4O/c22-17(16-6-5-12-3-1-2-4-15(12)20-16)21-8-7-14-13(10-21)9-18-11-19-14/h1-6,9,11H,7-8,10H2. The Morgan fingerprint density at radius 3 is 3.00 bits per heavy atom. The molecule has 2 aromatic heterocycles. The molecule has 1 aliphatic heterocycles. The van der Waals surface area contributed by atoms with Gasteiger partial charge in [-0.2, -0.15) is 0 Å². The van der Waals surface area contributed by atoms with E-state index in [0.717, 1.165) is 28.6 Å². The van der Waals surface area contributed by atoms with E-state index in [0.29, 0.717) is 18.8 Å². The highest BCUT2D eigenvalue weighted by atomic mass is 16.2.